The molecule has 1 saturated heterocycles. The van der Waals surface area contributed by atoms with Crippen molar-refractivity contribution in [2.24, 2.45) is 5.92 Å². The number of ether oxygens (including phenoxy) is 2. The van der Waals surface area contributed by atoms with Crippen molar-refractivity contribution < 1.29 is 14.3 Å². The first-order valence-corrected chi connectivity index (χ1v) is 10.3. The fourth-order valence-corrected chi connectivity index (χ4v) is 4.38. The van der Waals surface area contributed by atoms with Gasteiger partial charge in [0.2, 0.25) is 5.91 Å². The van der Waals surface area contributed by atoms with Crippen molar-refractivity contribution in [2.75, 3.05) is 26.7 Å². The number of hydrogen-bond donors (Lipinski definition) is 0. The Morgan fingerprint density at radius 2 is 2.21 bits per heavy atom. The molecular formula is C23H29N3O3. The molecule has 0 saturated carbocycles. The van der Waals surface area contributed by atoms with Crippen LogP contribution in [0, 0.1) is 5.92 Å². The first-order valence-electron chi connectivity index (χ1n) is 10.3. The Morgan fingerprint density at radius 1 is 1.31 bits per heavy atom. The maximum Gasteiger partial charge on any atom is 0.219 e. The number of piperidine rings is 1. The average Bonchev–Trinajstić information content (AvgIpc) is 2.94. The highest BCUT2D eigenvalue weighted by Crippen LogP contribution is 2.33. The van der Waals surface area contributed by atoms with Crippen LogP contribution in [0.2, 0.25) is 0 Å². The van der Waals surface area contributed by atoms with Gasteiger partial charge in [0, 0.05) is 50.4 Å². The van der Waals surface area contributed by atoms with Crippen LogP contribution in [0.25, 0.3) is 0 Å². The van der Waals surface area contributed by atoms with Gasteiger partial charge in [0.1, 0.15) is 17.6 Å². The highest BCUT2D eigenvalue weighted by atomic mass is 16.5. The minimum Gasteiger partial charge on any atom is -0.497 e. The van der Waals surface area contributed by atoms with Crippen LogP contribution in [0.4, 0.5) is 0 Å². The van der Waals surface area contributed by atoms with Gasteiger partial charge in [-0.15, -0.1) is 0 Å². The second-order valence-corrected chi connectivity index (χ2v) is 8.03. The van der Waals surface area contributed by atoms with Crippen molar-refractivity contribution in [1.29, 1.82) is 0 Å². The van der Waals surface area contributed by atoms with Crippen molar-refractivity contribution in [3.8, 4) is 11.5 Å². The molecule has 1 aromatic heterocycles. The minimum absolute atomic E-state index is 0.00903. The quantitative estimate of drug-likeness (QED) is 0.796. The molecule has 6 heteroatoms. The Hall–Kier alpha value is -2.60. The third-order valence-electron chi connectivity index (χ3n) is 5.95. The Balaban J connectivity index is 1.51. The van der Waals surface area contributed by atoms with Gasteiger partial charge in [-0.3, -0.25) is 14.7 Å². The maximum atomic E-state index is 12.3. The number of amides is 1. The summed E-state index contributed by atoms with van der Waals surface area (Å²) in [7, 11) is 1.66. The second kappa shape index (κ2) is 8.82. The van der Waals surface area contributed by atoms with Crippen molar-refractivity contribution in [1.82, 2.24) is 14.8 Å². The third kappa shape index (κ3) is 4.70. The summed E-state index contributed by atoms with van der Waals surface area (Å²) in [5.74, 6) is 2.12. The summed E-state index contributed by atoms with van der Waals surface area (Å²) in [6, 6.07) is 9.99. The summed E-state index contributed by atoms with van der Waals surface area (Å²) in [5.41, 5.74) is 2.24. The van der Waals surface area contributed by atoms with E-state index in [9.17, 15) is 4.79 Å². The molecule has 2 aromatic rings. The van der Waals surface area contributed by atoms with Crippen molar-refractivity contribution >= 4 is 5.91 Å². The molecule has 29 heavy (non-hydrogen) atoms. The van der Waals surface area contributed by atoms with Gasteiger partial charge in [-0.1, -0.05) is 6.07 Å². The molecule has 0 bridgehead atoms. The number of rotatable bonds is 4. The SMILES string of the molecule is COc1ccc2c(c1)CN(C(C)=O)C[C@H]([C@H]1CCCN(Cc3cccnc3)C1)O2. The summed E-state index contributed by atoms with van der Waals surface area (Å²) >= 11 is 0. The molecule has 1 aromatic carbocycles. The van der Waals surface area contributed by atoms with E-state index in [1.807, 2.05) is 41.6 Å². The molecule has 0 N–H and O–H groups in total. The highest BCUT2D eigenvalue weighted by Gasteiger charge is 2.33. The number of likely N-dealkylation sites (tertiary alicyclic amines) is 1. The second-order valence-electron chi connectivity index (χ2n) is 8.03. The van der Waals surface area contributed by atoms with Gasteiger partial charge >= 0.3 is 0 Å². The van der Waals surface area contributed by atoms with E-state index in [1.54, 1.807) is 14.0 Å². The molecule has 0 radical (unpaired) electrons. The molecule has 3 heterocycles. The van der Waals surface area contributed by atoms with Gasteiger partial charge in [-0.2, -0.15) is 0 Å². The van der Waals surface area contributed by atoms with Crippen molar-refractivity contribution in [3.05, 3.63) is 53.9 Å². The van der Waals surface area contributed by atoms with Crippen LogP contribution in [0.3, 0.4) is 0 Å². The van der Waals surface area contributed by atoms with E-state index in [1.165, 1.54) is 5.56 Å². The van der Waals surface area contributed by atoms with E-state index in [2.05, 4.69) is 16.0 Å². The van der Waals surface area contributed by atoms with Gasteiger partial charge in [0.25, 0.3) is 0 Å². The van der Waals surface area contributed by atoms with E-state index < -0.39 is 0 Å². The summed E-state index contributed by atoms with van der Waals surface area (Å²) in [6.07, 6.45) is 5.99. The van der Waals surface area contributed by atoms with Crippen molar-refractivity contribution in [3.63, 3.8) is 0 Å². The van der Waals surface area contributed by atoms with Gasteiger partial charge in [-0.25, -0.2) is 0 Å². The molecule has 4 rings (SSSR count). The fourth-order valence-electron chi connectivity index (χ4n) is 4.38. The van der Waals surface area contributed by atoms with E-state index in [4.69, 9.17) is 9.47 Å². The van der Waals surface area contributed by atoms with Crippen LogP contribution < -0.4 is 9.47 Å². The first kappa shape index (κ1) is 19.7. The summed E-state index contributed by atoms with van der Waals surface area (Å²) in [4.78, 5) is 20.9. The lowest BCUT2D eigenvalue weighted by molar-refractivity contribution is -0.130. The number of carbonyl (C=O) groups excluding carboxylic acids is 1. The van der Waals surface area contributed by atoms with Crippen LogP contribution in [0.1, 0.15) is 30.9 Å². The lowest BCUT2D eigenvalue weighted by atomic mass is 9.91. The molecule has 6 nitrogen and oxygen atoms in total. The highest BCUT2D eigenvalue weighted by molar-refractivity contribution is 5.73. The zero-order valence-electron chi connectivity index (χ0n) is 17.2. The Labute approximate surface area is 172 Å². The molecule has 1 fully saturated rings. The molecule has 2 aliphatic heterocycles. The van der Waals surface area contributed by atoms with Crippen LogP contribution in [-0.4, -0.2) is 53.5 Å². The van der Waals surface area contributed by atoms with Crippen LogP contribution in [-0.2, 0) is 17.9 Å². The lowest BCUT2D eigenvalue weighted by Crippen LogP contribution is -2.46. The predicted octanol–water partition coefficient (Wildman–Crippen LogP) is 3.11. The fraction of sp³-hybridized carbons (Fsp3) is 0.478. The molecule has 0 spiro atoms. The van der Waals surface area contributed by atoms with Crippen LogP contribution in [0.5, 0.6) is 11.5 Å². The largest absolute Gasteiger partial charge is 0.497 e. The third-order valence-corrected chi connectivity index (χ3v) is 5.95. The topological polar surface area (TPSA) is 54.9 Å². The molecule has 154 valence electrons. The number of carbonyl (C=O) groups is 1. The molecule has 1 amide bonds. The average molecular weight is 396 g/mol. The standard InChI is InChI=1S/C23H29N3O3/c1-17(27)26-15-20-11-21(28-2)7-8-22(20)29-23(16-26)19-6-4-10-25(14-19)13-18-5-3-9-24-12-18/h3,5,7-9,11-12,19,23H,4,6,10,13-16H2,1-2H3/t19-,23+/m0/s1. The lowest BCUT2D eigenvalue weighted by Gasteiger charge is -2.37. The number of fused-ring (bicyclic) bond motifs is 1. The molecule has 2 aliphatic rings. The monoisotopic (exact) mass is 395 g/mol. The van der Waals surface area contributed by atoms with Gasteiger partial charge in [0.05, 0.1) is 13.7 Å². The van der Waals surface area contributed by atoms with Gasteiger partial charge in [0.15, 0.2) is 0 Å². The Kier molecular flexibility index (Phi) is 6.00. The van der Waals surface area contributed by atoms with E-state index >= 15 is 0 Å². The first-order chi connectivity index (χ1) is 14.1. The normalized spacial score (nSPS) is 22.3. The summed E-state index contributed by atoms with van der Waals surface area (Å²) < 4.78 is 11.8. The zero-order chi connectivity index (χ0) is 20.2. The predicted molar refractivity (Wildman–Crippen MR) is 111 cm³/mol. The van der Waals surface area contributed by atoms with Crippen LogP contribution >= 0.6 is 0 Å². The van der Waals surface area contributed by atoms with Gasteiger partial charge in [-0.05, 0) is 49.2 Å². The minimum atomic E-state index is -0.00903. The number of hydrogen-bond acceptors (Lipinski definition) is 5. The number of nitrogens with zero attached hydrogens (tertiary/aromatic N) is 3. The van der Waals surface area contributed by atoms with E-state index in [-0.39, 0.29) is 12.0 Å². The smallest absolute Gasteiger partial charge is 0.219 e. The number of benzene rings is 1. The van der Waals surface area contributed by atoms with Crippen molar-refractivity contribution in [2.45, 2.75) is 39.0 Å². The van der Waals surface area contributed by atoms with E-state index in [0.29, 0.717) is 19.0 Å². The number of aromatic nitrogens is 1. The number of pyridine rings is 1. The van der Waals surface area contributed by atoms with Gasteiger partial charge < -0.3 is 14.4 Å². The Bertz CT molecular complexity index is 843. The molecule has 2 atom stereocenters. The maximum absolute atomic E-state index is 12.3. The van der Waals surface area contributed by atoms with E-state index in [0.717, 1.165) is 49.5 Å². The molecular weight excluding hydrogens is 366 g/mol. The number of methoxy groups -OCH3 is 1. The molecule has 0 unspecified atom stereocenters. The molecule has 0 aliphatic carbocycles. The van der Waals surface area contributed by atoms with Crippen LogP contribution in [0.15, 0.2) is 42.7 Å². The summed E-state index contributed by atoms with van der Waals surface area (Å²) in [6.45, 7) is 5.78. The summed E-state index contributed by atoms with van der Waals surface area (Å²) in [5, 5.41) is 0. The zero-order valence-corrected chi connectivity index (χ0v) is 17.2. The Morgan fingerprint density at radius 3 is 2.97 bits per heavy atom.